The number of hydrogen-bond acceptors (Lipinski definition) is 4. The first-order valence-corrected chi connectivity index (χ1v) is 6.94. The first kappa shape index (κ1) is 15.1. The zero-order valence-electron chi connectivity index (χ0n) is 11.6. The summed E-state index contributed by atoms with van der Waals surface area (Å²) in [5, 5.41) is 9.98. The van der Waals surface area contributed by atoms with Crippen LogP contribution >= 0.6 is 11.3 Å². The Hall–Kier alpha value is -0.940. The van der Waals surface area contributed by atoms with Crippen LogP contribution < -0.4 is 0 Å². The number of rotatable bonds is 6. The van der Waals surface area contributed by atoms with Crippen molar-refractivity contribution in [1.29, 1.82) is 0 Å². The van der Waals surface area contributed by atoms with E-state index in [-0.39, 0.29) is 12.0 Å². The van der Waals surface area contributed by atoms with Crippen LogP contribution in [0, 0.1) is 11.8 Å². The van der Waals surface area contributed by atoms with Gasteiger partial charge in [-0.15, -0.1) is 11.3 Å². The van der Waals surface area contributed by atoms with Crippen molar-refractivity contribution < 1.29 is 14.6 Å². The molecule has 1 aromatic heterocycles. The van der Waals surface area contributed by atoms with Gasteiger partial charge in [0, 0.05) is 7.11 Å². The standard InChI is InChI=1S/C13H21NO3S/c1-7(2)6-9-11(13(15)16)18-12(14-9)10(17-5)8(3)4/h7-8,10H,6H2,1-5H3,(H,15,16). The molecule has 1 heterocycles. The van der Waals surface area contributed by atoms with Crippen molar-refractivity contribution in [3.05, 3.63) is 15.6 Å². The molecule has 0 radical (unpaired) electrons. The van der Waals surface area contributed by atoms with Crippen LogP contribution in [0.4, 0.5) is 0 Å². The molecule has 1 unspecified atom stereocenters. The largest absolute Gasteiger partial charge is 0.477 e. The van der Waals surface area contributed by atoms with Crippen molar-refractivity contribution in [1.82, 2.24) is 4.98 Å². The van der Waals surface area contributed by atoms with Gasteiger partial charge >= 0.3 is 5.97 Å². The second-order valence-corrected chi connectivity index (χ2v) is 6.16. The molecule has 1 aromatic rings. The van der Waals surface area contributed by atoms with Crippen LogP contribution in [0.5, 0.6) is 0 Å². The van der Waals surface area contributed by atoms with Gasteiger partial charge in [0.2, 0.25) is 0 Å². The van der Waals surface area contributed by atoms with Crippen LogP contribution in [0.2, 0.25) is 0 Å². The molecule has 0 amide bonds. The number of nitrogens with zero attached hydrogens (tertiary/aromatic N) is 1. The second kappa shape index (κ2) is 6.29. The maximum Gasteiger partial charge on any atom is 0.347 e. The summed E-state index contributed by atoms with van der Waals surface area (Å²) in [5.41, 5.74) is 0.681. The molecule has 18 heavy (non-hydrogen) atoms. The average Bonchev–Trinajstić information content (AvgIpc) is 2.61. The van der Waals surface area contributed by atoms with E-state index in [1.54, 1.807) is 7.11 Å². The molecular weight excluding hydrogens is 250 g/mol. The SMILES string of the molecule is COC(c1nc(CC(C)C)c(C(=O)O)s1)C(C)C. The van der Waals surface area contributed by atoms with Gasteiger partial charge in [0.25, 0.3) is 0 Å². The number of ether oxygens (including phenoxy) is 1. The van der Waals surface area contributed by atoms with Crippen LogP contribution in [0.3, 0.4) is 0 Å². The Bertz CT molecular complexity index is 412. The minimum Gasteiger partial charge on any atom is -0.477 e. The highest BCUT2D eigenvalue weighted by atomic mass is 32.1. The number of aromatic nitrogens is 1. The Kier molecular flexibility index (Phi) is 5.28. The summed E-state index contributed by atoms with van der Waals surface area (Å²) in [6.07, 6.45) is 0.557. The molecule has 1 atom stereocenters. The number of hydrogen-bond donors (Lipinski definition) is 1. The predicted molar refractivity (Wildman–Crippen MR) is 72.2 cm³/mol. The summed E-state index contributed by atoms with van der Waals surface area (Å²) < 4.78 is 5.41. The van der Waals surface area contributed by atoms with Crippen LogP contribution in [0.1, 0.15) is 54.2 Å². The van der Waals surface area contributed by atoms with E-state index in [0.717, 1.165) is 5.01 Å². The van der Waals surface area contributed by atoms with Crippen LogP contribution in [0.15, 0.2) is 0 Å². The molecule has 0 aliphatic carbocycles. The Labute approximate surface area is 112 Å². The molecule has 0 aromatic carbocycles. The van der Waals surface area contributed by atoms with Gasteiger partial charge in [0.1, 0.15) is 16.0 Å². The minimum absolute atomic E-state index is 0.131. The number of methoxy groups -OCH3 is 1. The lowest BCUT2D eigenvalue weighted by molar-refractivity contribution is 0.0643. The number of carboxylic acids is 1. The van der Waals surface area contributed by atoms with Crippen molar-refractivity contribution in [2.24, 2.45) is 11.8 Å². The normalized spacial score (nSPS) is 13.3. The molecule has 0 spiro atoms. The summed E-state index contributed by atoms with van der Waals surface area (Å²) >= 11 is 1.23. The Morgan fingerprint density at radius 3 is 2.39 bits per heavy atom. The Morgan fingerprint density at radius 2 is 2.00 bits per heavy atom. The quantitative estimate of drug-likeness (QED) is 0.861. The fourth-order valence-corrected chi connectivity index (χ4v) is 3.03. The van der Waals surface area contributed by atoms with E-state index >= 15 is 0 Å². The minimum atomic E-state index is -0.895. The highest BCUT2D eigenvalue weighted by molar-refractivity contribution is 7.13. The van der Waals surface area contributed by atoms with Gasteiger partial charge in [-0.05, 0) is 18.3 Å². The first-order chi connectivity index (χ1) is 8.36. The van der Waals surface area contributed by atoms with E-state index in [4.69, 9.17) is 4.74 Å². The van der Waals surface area contributed by atoms with E-state index in [2.05, 4.69) is 18.8 Å². The van der Waals surface area contributed by atoms with Crippen LogP contribution in [0.25, 0.3) is 0 Å². The number of thiazole rings is 1. The van der Waals surface area contributed by atoms with Gasteiger partial charge in [-0.25, -0.2) is 9.78 Å². The molecule has 1 rings (SSSR count). The lowest BCUT2D eigenvalue weighted by atomic mass is 10.1. The maximum absolute atomic E-state index is 11.2. The van der Waals surface area contributed by atoms with Gasteiger partial charge < -0.3 is 9.84 Å². The third-order valence-corrected chi connectivity index (χ3v) is 3.76. The molecule has 0 aliphatic rings. The monoisotopic (exact) mass is 271 g/mol. The van der Waals surface area contributed by atoms with Crippen LogP contribution in [-0.4, -0.2) is 23.2 Å². The molecule has 5 heteroatoms. The van der Waals surface area contributed by atoms with Crippen molar-refractivity contribution in [3.8, 4) is 0 Å². The first-order valence-electron chi connectivity index (χ1n) is 6.12. The molecule has 0 fully saturated rings. The summed E-state index contributed by atoms with van der Waals surface area (Å²) in [5.74, 6) is -0.235. The van der Waals surface area contributed by atoms with E-state index in [0.29, 0.717) is 22.9 Å². The lowest BCUT2D eigenvalue weighted by Crippen LogP contribution is -2.08. The number of carboxylic acid groups (broad SMARTS) is 1. The second-order valence-electron chi connectivity index (χ2n) is 5.13. The number of carbonyl (C=O) groups is 1. The lowest BCUT2D eigenvalue weighted by Gasteiger charge is -2.16. The summed E-state index contributed by atoms with van der Waals surface area (Å²) in [7, 11) is 1.63. The van der Waals surface area contributed by atoms with E-state index in [1.807, 2.05) is 13.8 Å². The third kappa shape index (κ3) is 3.53. The van der Waals surface area contributed by atoms with Gasteiger partial charge in [0.15, 0.2) is 0 Å². The molecule has 0 bridgehead atoms. The third-order valence-electron chi connectivity index (χ3n) is 2.61. The fourth-order valence-electron chi connectivity index (χ4n) is 1.84. The van der Waals surface area contributed by atoms with E-state index in [1.165, 1.54) is 11.3 Å². The average molecular weight is 271 g/mol. The Morgan fingerprint density at radius 1 is 1.39 bits per heavy atom. The van der Waals surface area contributed by atoms with Gasteiger partial charge in [-0.2, -0.15) is 0 Å². The van der Waals surface area contributed by atoms with Crippen molar-refractivity contribution in [2.45, 2.75) is 40.2 Å². The zero-order valence-corrected chi connectivity index (χ0v) is 12.4. The molecule has 102 valence electrons. The van der Waals surface area contributed by atoms with Crippen molar-refractivity contribution in [2.75, 3.05) is 7.11 Å². The number of aromatic carboxylic acids is 1. The maximum atomic E-state index is 11.2. The zero-order chi connectivity index (χ0) is 13.9. The molecule has 1 N–H and O–H groups in total. The summed E-state index contributed by atoms with van der Waals surface area (Å²) in [6, 6.07) is 0. The molecule has 4 nitrogen and oxygen atoms in total. The molecule has 0 saturated carbocycles. The van der Waals surface area contributed by atoms with Crippen LogP contribution in [-0.2, 0) is 11.2 Å². The smallest absolute Gasteiger partial charge is 0.347 e. The molecule has 0 aliphatic heterocycles. The molecule has 0 saturated heterocycles. The highest BCUT2D eigenvalue weighted by Gasteiger charge is 2.24. The molecular formula is C13H21NO3S. The Balaban J connectivity index is 3.12. The predicted octanol–water partition coefficient (Wildman–Crippen LogP) is 3.38. The van der Waals surface area contributed by atoms with Crippen molar-refractivity contribution in [3.63, 3.8) is 0 Å². The van der Waals surface area contributed by atoms with Gasteiger partial charge in [-0.3, -0.25) is 0 Å². The summed E-state index contributed by atoms with van der Waals surface area (Å²) in [6.45, 7) is 8.19. The van der Waals surface area contributed by atoms with Gasteiger partial charge in [0.05, 0.1) is 5.69 Å². The van der Waals surface area contributed by atoms with Gasteiger partial charge in [-0.1, -0.05) is 27.7 Å². The topological polar surface area (TPSA) is 59.4 Å². The summed E-state index contributed by atoms with van der Waals surface area (Å²) in [4.78, 5) is 16.1. The fraction of sp³-hybridized carbons (Fsp3) is 0.692. The van der Waals surface area contributed by atoms with Crippen molar-refractivity contribution >= 4 is 17.3 Å². The highest BCUT2D eigenvalue weighted by Crippen LogP contribution is 2.31. The van der Waals surface area contributed by atoms with E-state index < -0.39 is 5.97 Å². The van der Waals surface area contributed by atoms with E-state index in [9.17, 15) is 9.90 Å².